The van der Waals surface area contributed by atoms with Crippen molar-refractivity contribution in [3.05, 3.63) is 18.0 Å². The number of nitrogens with zero attached hydrogens (tertiary/aromatic N) is 2. The lowest BCUT2D eigenvalue weighted by Gasteiger charge is -2.13. The van der Waals surface area contributed by atoms with Crippen LogP contribution in [-0.2, 0) is 11.0 Å². The number of carbonyl (C=O) groups excluding carboxylic acids is 1. The van der Waals surface area contributed by atoms with Crippen LogP contribution < -0.4 is 11.3 Å². The molecule has 1 amide bonds. The van der Waals surface area contributed by atoms with Crippen LogP contribution in [0.2, 0.25) is 0 Å². The molecule has 0 aliphatic heterocycles. The molecule has 3 N–H and O–H groups in total. The van der Waals surface area contributed by atoms with Gasteiger partial charge in [-0.05, 0) is 6.42 Å². The van der Waals surface area contributed by atoms with Gasteiger partial charge in [-0.1, -0.05) is 6.92 Å². The summed E-state index contributed by atoms with van der Waals surface area (Å²) in [7, 11) is 0. The number of nitrogens with two attached hydrogens (primary N) is 1. The van der Waals surface area contributed by atoms with Crippen LogP contribution in [0.3, 0.4) is 0 Å². The van der Waals surface area contributed by atoms with Crippen LogP contribution >= 0.6 is 0 Å². The van der Waals surface area contributed by atoms with E-state index in [1.807, 2.05) is 5.43 Å². The Balaban J connectivity index is 2.96. The van der Waals surface area contributed by atoms with E-state index < -0.39 is 23.7 Å². The van der Waals surface area contributed by atoms with Gasteiger partial charge in [0.15, 0.2) is 0 Å². The predicted molar refractivity (Wildman–Crippen MR) is 48.9 cm³/mol. The summed E-state index contributed by atoms with van der Waals surface area (Å²) < 4.78 is 37.8. The maximum atomic E-state index is 12.3. The van der Waals surface area contributed by atoms with Crippen LogP contribution in [0.25, 0.3) is 0 Å². The van der Waals surface area contributed by atoms with Crippen molar-refractivity contribution in [2.24, 2.45) is 5.84 Å². The third-order valence-corrected chi connectivity index (χ3v) is 2.08. The van der Waals surface area contributed by atoms with Gasteiger partial charge in [0.2, 0.25) is 0 Å². The predicted octanol–water partition coefficient (Wildman–Crippen LogP) is 0.843. The highest BCUT2D eigenvalue weighted by Crippen LogP contribution is 2.29. The van der Waals surface area contributed by atoms with Crippen molar-refractivity contribution < 1.29 is 18.0 Å². The summed E-state index contributed by atoms with van der Waals surface area (Å²) in [5, 5.41) is 3.50. The molecule has 16 heavy (non-hydrogen) atoms. The first-order chi connectivity index (χ1) is 7.40. The molecule has 0 saturated carbocycles. The zero-order valence-electron chi connectivity index (χ0n) is 8.45. The molecule has 0 spiro atoms. The van der Waals surface area contributed by atoms with Crippen molar-refractivity contribution >= 4 is 5.91 Å². The fraction of sp³-hybridized carbons (Fsp3) is 0.500. The van der Waals surface area contributed by atoms with E-state index >= 15 is 0 Å². The van der Waals surface area contributed by atoms with Gasteiger partial charge >= 0.3 is 6.18 Å². The van der Waals surface area contributed by atoms with E-state index in [4.69, 9.17) is 5.84 Å². The Morgan fingerprint density at radius 1 is 1.69 bits per heavy atom. The SMILES string of the molecule is CCC(C(=O)NN)n1cc(C(F)(F)F)cn1. The Morgan fingerprint density at radius 2 is 2.31 bits per heavy atom. The first kappa shape index (κ1) is 12.5. The van der Waals surface area contributed by atoms with E-state index in [2.05, 4.69) is 5.10 Å². The second-order valence-electron chi connectivity index (χ2n) is 3.14. The molecule has 1 aromatic heterocycles. The first-order valence-electron chi connectivity index (χ1n) is 4.52. The topological polar surface area (TPSA) is 72.9 Å². The van der Waals surface area contributed by atoms with Crippen LogP contribution in [0, 0.1) is 0 Å². The number of carbonyl (C=O) groups is 1. The second kappa shape index (κ2) is 4.52. The summed E-state index contributed by atoms with van der Waals surface area (Å²) in [5.41, 5.74) is 0.989. The molecule has 90 valence electrons. The monoisotopic (exact) mass is 236 g/mol. The Kier molecular flexibility index (Phi) is 3.53. The lowest BCUT2D eigenvalue weighted by Crippen LogP contribution is -2.37. The van der Waals surface area contributed by atoms with Crippen LogP contribution in [-0.4, -0.2) is 15.7 Å². The number of hydrazine groups is 1. The average molecular weight is 236 g/mol. The molecule has 0 bridgehead atoms. The highest BCUT2D eigenvalue weighted by atomic mass is 19.4. The third kappa shape index (κ3) is 2.51. The summed E-state index contributed by atoms with van der Waals surface area (Å²) in [6, 6.07) is -0.832. The third-order valence-electron chi connectivity index (χ3n) is 2.08. The van der Waals surface area contributed by atoms with E-state index in [9.17, 15) is 18.0 Å². The molecule has 1 rings (SSSR count). The van der Waals surface area contributed by atoms with Crippen molar-refractivity contribution in [3.8, 4) is 0 Å². The molecule has 0 aromatic carbocycles. The number of alkyl halides is 3. The lowest BCUT2D eigenvalue weighted by molar-refractivity contribution is -0.137. The summed E-state index contributed by atoms with van der Waals surface area (Å²) in [5.74, 6) is 4.33. The minimum Gasteiger partial charge on any atom is -0.292 e. The summed E-state index contributed by atoms with van der Waals surface area (Å²) in [4.78, 5) is 11.2. The van der Waals surface area contributed by atoms with E-state index in [0.717, 1.165) is 10.9 Å². The minimum atomic E-state index is -4.46. The van der Waals surface area contributed by atoms with E-state index in [1.165, 1.54) is 0 Å². The van der Waals surface area contributed by atoms with E-state index in [1.54, 1.807) is 6.92 Å². The fourth-order valence-corrected chi connectivity index (χ4v) is 1.24. The van der Waals surface area contributed by atoms with Crippen molar-refractivity contribution in [1.29, 1.82) is 0 Å². The maximum absolute atomic E-state index is 12.3. The average Bonchev–Trinajstić information content (AvgIpc) is 2.67. The normalized spacial score (nSPS) is 13.6. The van der Waals surface area contributed by atoms with Crippen molar-refractivity contribution in [3.63, 3.8) is 0 Å². The molecular formula is C8H11F3N4O. The van der Waals surface area contributed by atoms with Gasteiger partial charge < -0.3 is 0 Å². The highest BCUT2D eigenvalue weighted by Gasteiger charge is 2.33. The molecule has 1 atom stereocenters. The fourth-order valence-electron chi connectivity index (χ4n) is 1.24. The quantitative estimate of drug-likeness (QED) is 0.464. The van der Waals surface area contributed by atoms with Crippen LogP contribution in [0.15, 0.2) is 12.4 Å². The van der Waals surface area contributed by atoms with Crippen molar-refractivity contribution in [1.82, 2.24) is 15.2 Å². The molecule has 0 aliphatic carbocycles. The Morgan fingerprint density at radius 3 is 2.69 bits per heavy atom. The van der Waals surface area contributed by atoms with E-state index in [-0.39, 0.29) is 0 Å². The molecule has 1 aromatic rings. The standard InChI is InChI=1S/C8H11F3N4O/c1-2-6(7(16)14-12)15-4-5(3-13-15)8(9,10)11/h3-4,6H,2,12H2,1H3,(H,14,16). The van der Waals surface area contributed by atoms with Gasteiger partial charge in [-0.3, -0.25) is 14.9 Å². The Hall–Kier alpha value is -1.57. The number of nitrogens with one attached hydrogen (secondary N) is 1. The van der Waals surface area contributed by atoms with Crippen molar-refractivity contribution in [2.75, 3.05) is 0 Å². The van der Waals surface area contributed by atoms with Crippen LogP contribution in [0.1, 0.15) is 24.9 Å². The smallest absolute Gasteiger partial charge is 0.292 e. The van der Waals surface area contributed by atoms with Gasteiger partial charge in [0.1, 0.15) is 6.04 Å². The van der Waals surface area contributed by atoms with Gasteiger partial charge in [-0.25, -0.2) is 5.84 Å². The molecule has 1 unspecified atom stereocenters. The molecule has 8 heteroatoms. The van der Waals surface area contributed by atoms with Crippen molar-refractivity contribution in [2.45, 2.75) is 25.6 Å². The largest absolute Gasteiger partial charge is 0.419 e. The zero-order chi connectivity index (χ0) is 12.3. The van der Waals surface area contributed by atoms with E-state index in [0.29, 0.717) is 12.6 Å². The van der Waals surface area contributed by atoms with Crippen LogP contribution in [0.5, 0.6) is 0 Å². The van der Waals surface area contributed by atoms with Crippen LogP contribution in [0.4, 0.5) is 13.2 Å². The molecule has 0 radical (unpaired) electrons. The molecule has 0 aliphatic rings. The lowest BCUT2D eigenvalue weighted by atomic mass is 10.2. The summed E-state index contributed by atoms with van der Waals surface area (Å²) >= 11 is 0. The number of hydrogen-bond acceptors (Lipinski definition) is 3. The minimum absolute atomic E-state index is 0.294. The number of hydrogen-bond donors (Lipinski definition) is 2. The Labute approximate surface area is 89.4 Å². The number of aromatic nitrogens is 2. The van der Waals surface area contributed by atoms with Gasteiger partial charge in [-0.2, -0.15) is 18.3 Å². The maximum Gasteiger partial charge on any atom is 0.419 e. The van der Waals surface area contributed by atoms with Gasteiger partial charge in [0.05, 0.1) is 11.8 Å². The second-order valence-corrected chi connectivity index (χ2v) is 3.14. The Bertz CT molecular complexity index is 374. The molecule has 0 saturated heterocycles. The highest BCUT2D eigenvalue weighted by molar-refractivity contribution is 5.79. The first-order valence-corrected chi connectivity index (χ1v) is 4.52. The molecule has 0 fully saturated rings. The van der Waals surface area contributed by atoms with Gasteiger partial charge in [-0.15, -0.1) is 0 Å². The number of halogens is 3. The van der Waals surface area contributed by atoms with Gasteiger partial charge in [0, 0.05) is 6.20 Å². The zero-order valence-corrected chi connectivity index (χ0v) is 8.45. The molecular weight excluding hydrogens is 225 g/mol. The summed E-state index contributed by atoms with van der Waals surface area (Å²) in [6.07, 6.45) is -2.71. The molecule has 5 nitrogen and oxygen atoms in total. The summed E-state index contributed by atoms with van der Waals surface area (Å²) in [6.45, 7) is 1.65. The van der Waals surface area contributed by atoms with Gasteiger partial charge in [0.25, 0.3) is 5.91 Å². The number of amides is 1. The number of rotatable bonds is 3. The molecule has 1 heterocycles.